The van der Waals surface area contributed by atoms with Gasteiger partial charge in [0.25, 0.3) is 0 Å². The van der Waals surface area contributed by atoms with E-state index in [1.54, 1.807) is 0 Å². The number of halogens is 1. The molecule has 84 valence electrons. The highest BCUT2D eigenvalue weighted by atomic mass is 35.5. The van der Waals surface area contributed by atoms with E-state index < -0.39 is 0 Å². The molecule has 1 aliphatic rings. The molecule has 3 N–H and O–H groups in total. The molecule has 15 heavy (non-hydrogen) atoms. The van der Waals surface area contributed by atoms with Crippen LogP contribution in [-0.4, -0.2) is 5.11 Å². The van der Waals surface area contributed by atoms with Gasteiger partial charge in [0.1, 0.15) is 5.75 Å². The Labute approximate surface area is 96.9 Å². The van der Waals surface area contributed by atoms with Crippen molar-refractivity contribution in [2.75, 3.05) is 0 Å². The summed E-state index contributed by atoms with van der Waals surface area (Å²) in [6, 6.07) is 4.17. The van der Waals surface area contributed by atoms with Crippen LogP contribution in [-0.2, 0) is 0 Å². The summed E-state index contributed by atoms with van der Waals surface area (Å²) in [5.41, 5.74) is 9.13. The maximum atomic E-state index is 9.63. The van der Waals surface area contributed by atoms with Crippen molar-refractivity contribution in [3.63, 3.8) is 0 Å². The van der Waals surface area contributed by atoms with Gasteiger partial charge in [0.15, 0.2) is 0 Å². The van der Waals surface area contributed by atoms with E-state index in [0.717, 1.165) is 11.1 Å². The van der Waals surface area contributed by atoms with Gasteiger partial charge in [0.2, 0.25) is 0 Å². The van der Waals surface area contributed by atoms with Gasteiger partial charge in [-0.05, 0) is 49.3 Å². The minimum absolute atomic E-state index is 0. The third-order valence-corrected chi connectivity index (χ3v) is 3.03. The fourth-order valence-electron chi connectivity index (χ4n) is 1.91. The number of benzene rings is 1. The second-order valence-corrected chi connectivity index (χ2v) is 4.37. The average Bonchev–Trinajstić information content (AvgIpc) is 2.95. The molecular formula is C12H18ClNO. The van der Waals surface area contributed by atoms with E-state index in [1.807, 2.05) is 26.0 Å². The molecule has 1 saturated carbocycles. The Morgan fingerprint density at radius 1 is 1.27 bits per heavy atom. The van der Waals surface area contributed by atoms with Crippen molar-refractivity contribution in [1.82, 2.24) is 0 Å². The third kappa shape index (κ3) is 2.44. The van der Waals surface area contributed by atoms with E-state index in [0.29, 0.717) is 11.7 Å². The summed E-state index contributed by atoms with van der Waals surface area (Å²) in [4.78, 5) is 0. The van der Waals surface area contributed by atoms with Crippen LogP contribution in [0.15, 0.2) is 12.1 Å². The molecule has 2 nitrogen and oxygen atoms in total. The van der Waals surface area contributed by atoms with Crippen LogP contribution in [0.1, 0.15) is 35.6 Å². The highest BCUT2D eigenvalue weighted by molar-refractivity contribution is 5.85. The molecule has 0 spiro atoms. The molecule has 0 aliphatic heterocycles. The molecule has 1 atom stereocenters. The smallest absolute Gasteiger partial charge is 0.121 e. The van der Waals surface area contributed by atoms with E-state index in [9.17, 15) is 5.11 Å². The second-order valence-electron chi connectivity index (χ2n) is 4.37. The van der Waals surface area contributed by atoms with E-state index >= 15 is 0 Å². The summed E-state index contributed by atoms with van der Waals surface area (Å²) in [5.74, 6) is 1.06. The Balaban J connectivity index is 0.00000112. The summed E-state index contributed by atoms with van der Waals surface area (Å²) in [6.07, 6.45) is 2.50. The molecule has 1 aromatic rings. The molecule has 3 heteroatoms. The molecular weight excluding hydrogens is 210 g/mol. The molecule has 0 radical (unpaired) electrons. The summed E-state index contributed by atoms with van der Waals surface area (Å²) >= 11 is 0. The lowest BCUT2D eigenvalue weighted by Gasteiger charge is -2.13. The summed E-state index contributed by atoms with van der Waals surface area (Å²) in [7, 11) is 0. The van der Waals surface area contributed by atoms with Gasteiger partial charge in [-0.25, -0.2) is 0 Å². The zero-order valence-electron chi connectivity index (χ0n) is 9.16. The predicted octanol–water partition coefficient (Wildman–Crippen LogP) is 2.84. The lowest BCUT2D eigenvalue weighted by Crippen LogP contribution is -2.12. The van der Waals surface area contributed by atoms with Crippen LogP contribution in [0.3, 0.4) is 0 Å². The maximum absolute atomic E-state index is 9.63. The number of aromatic hydroxyl groups is 1. The number of nitrogens with two attached hydrogens (primary N) is 1. The average molecular weight is 228 g/mol. The Morgan fingerprint density at radius 2 is 1.73 bits per heavy atom. The molecule has 0 aromatic heterocycles. The number of aryl methyl sites for hydroxylation is 2. The van der Waals surface area contributed by atoms with Crippen LogP contribution in [0.5, 0.6) is 5.75 Å². The van der Waals surface area contributed by atoms with Gasteiger partial charge >= 0.3 is 0 Å². The Kier molecular flexibility index (Phi) is 3.63. The first-order valence-electron chi connectivity index (χ1n) is 5.15. The van der Waals surface area contributed by atoms with E-state index in [1.165, 1.54) is 18.4 Å². The minimum atomic E-state index is 0. The van der Waals surface area contributed by atoms with Crippen LogP contribution in [0.25, 0.3) is 0 Å². The van der Waals surface area contributed by atoms with Gasteiger partial charge in [-0.15, -0.1) is 12.4 Å². The van der Waals surface area contributed by atoms with Gasteiger partial charge in [-0.1, -0.05) is 12.1 Å². The third-order valence-electron chi connectivity index (χ3n) is 3.03. The van der Waals surface area contributed by atoms with Gasteiger partial charge in [0, 0.05) is 6.04 Å². The van der Waals surface area contributed by atoms with Crippen LogP contribution in [0, 0.1) is 19.8 Å². The molecule has 0 unspecified atom stereocenters. The number of phenols is 1. The van der Waals surface area contributed by atoms with Crippen molar-refractivity contribution in [3.8, 4) is 5.75 Å². The van der Waals surface area contributed by atoms with E-state index in [-0.39, 0.29) is 18.4 Å². The zero-order valence-corrected chi connectivity index (χ0v) is 9.97. The second kappa shape index (κ2) is 4.42. The Bertz CT molecular complexity index is 338. The molecule has 2 rings (SSSR count). The van der Waals surface area contributed by atoms with Crippen molar-refractivity contribution in [2.45, 2.75) is 32.7 Å². The summed E-state index contributed by atoms with van der Waals surface area (Å²) in [6.45, 7) is 3.84. The molecule has 0 bridgehead atoms. The number of hydrogen-bond donors (Lipinski definition) is 2. The minimum Gasteiger partial charge on any atom is -0.507 e. The summed E-state index contributed by atoms with van der Waals surface area (Å²) in [5, 5.41) is 9.63. The highest BCUT2D eigenvalue weighted by Crippen LogP contribution is 2.40. The van der Waals surface area contributed by atoms with Crippen LogP contribution in [0.4, 0.5) is 0 Å². The highest BCUT2D eigenvalue weighted by Gasteiger charge is 2.29. The van der Waals surface area contributed by atoms with Gasteiger partial charge in [-0.2, -0.15) is 0 Å². The van der Waals surface area contributed by atoms with Gasteiger partial charge in [-0.3, -0.25) is 0 Å². The first kappa shape index (κ1) is 12.3. The zero-order chi connectivity index (χ0) is 10.3. The fraction of sp³-hybridized carbons (Fsp3) is 0.500. The van der Waals surface area contributed by atoms with Crippen LogP contribution < -0.4 is 5.73 Å². The monoisotopic (exact) mass is 227 g/mol. The molecule has 1 aliphatic carbocycles. The maximum Gasteiger partial charge on any atom is 0.121 e. The van der Waals surface area contributed by atoms with Crippen molar-refractivity contribution < 1.29 is 5.11 Å². The normalized spacial score (nSPS) is 17.0. The number of phenolic OH excluding ortho intramolecular Hbond substituents is 1. The Morgan fingerprint density at radius 3 is 2.13 bits per heavy atom. The van der Waals surface area contributed by atoms with Crippen molar-refractivity contribution in [1.29, 1.82) is 0 Å². The van der Waals surface area contributed by atoms with Gasteiger partial charge < -0.3 is 10.8 Å². The fourth-order valence-corrected chi connectivity index (χ4v) is 1.91. The summed E-state index contributed by atoms with van der Waals surface area (Å²) < 4.78 is 0. The van der Waals surface area contributed by atoms with Crippen molar-refractivity contribution >= 4 is 12.4 Å². The quantitative estimate of drug-likeness (QED) is 0.816. The van der Waals surface area contributed by atoms with Gasteiger partial charge in [0.05, 0.1) is 0 Å². The molecule has 1 aromatic carbocycles. The number of hydrogen-bond acceptors (Lipinski definition) is 2. The first-order chi connectivity index (χ1) is 6.59. The molecule has 0 amide bonds. The molecule has 0 saturated heterocycles. The Hall–Kier alpha value is -0.730. The van der Waals surface area contributed by atoms with Crippen LogP contribution in [0.2, 0.25) is 0 Å². The first-order valence-corrected chi connectivity index (χ1v) is 5.15. The van der Waals surface area contributed by atoms with Crippen LogP contribution >= 0.6 is 12.4 Å². The topological polar surface area (TPSA) is 46.2 Å². The lowest BCUT2D eigenvalue weighted by molar-refractivity contribution is 0.466. The SMILES string of the molecule is Cc1cc([C@@H](N)C2CC2)cc(C)c1O.Cl. The van der Waals surface area contributed by atoms with E-state index in [4.69, 9.17) is 5.73 Å². The largest absolute Gasteiger partial charge is 0.507 e. The van der Waals surface area contributed by atoms with E-state index in [2.05, 4.69) is 0 Å². The molecule has 1 fully saturated rings. The molecule has 0 heterocycles. The number of rotatable bonds is 2. The lowest BCUT2D eigenvalue weighted by atomic mass is 9.98. The van der Waals surface area contributed by atoms with Crippen molar-refractivity contribution in [3.05, 3.63) is 28.8 Å². The van der Waals surface area contributed by atoms with Crippen molar-refractivity contribution in [2.24, 2.45) is 11.7 Å². The predicted molar refractivity (Wildman–Crippen MR) is 64.5 cm³/mol. The standard InChI is InChI=1S/C12H17NO.ClH/c1-7-5-10(6-8(2)12(7)14)11(13)9-3-4-9;/h5-6,9,11,14H,3-4,13H2,1-2H3;1H/t11-;/m0./s1.